The number of carbonyl (C=O) groups excluding carboxylic acids is 1. The first-order chi connectivity index (χ1) is 10.9. The van der Waals surface area contributed by atoms with E-state index in [9.17, 15) is 13.2 Å². The number of nitrogens with zero attached hydrogens (tertiary/aromatic N) is 1. The average molecular weight is 350 g/mol. The van der Waals surface area contributed by atoms with Crippen LogP contribution >= 0.6 is 11.6 Å². The minimum atomic E-state index is -3.69. The predicted octanol–water partition coefficient (Wildman–Crippen LogP) is 3.09. The molecular formula is C17H16ClNO3S. The van der Waals surface area contributed by atoms with E-state index in [-0.39, 0.29) is 10.9 Å². The SMILES string of the molecule is CC1Cc2ccccc2N1C(=O)CS(=O)(=O)c1ccc(Cl)cc1. The Morgan fingerprint density at radius 1 is 1.17 bits per heavy atom. The maximum Gasteiger partial charge on any atom is 0.242 e. The van der Waals surface area contributed by atoms with Gasteiger partial charge in [-0.3, -0.25) is 4.79 Å². The van der Waals surface area contributed by atoms with E-state index < -0.39 is 21.5 Å². The highest BCUT2D eigenvalue weighted by Gasteiger charge is 2.33. The molecule has 2 aromatic carbocycles. The highest BCUT2D eigenvalue weighted by atomic mass is 35.5. The zero-order valence-corrected chi connectivity index (χ0v) is 14.1. The lowest BCUT2D eigenvalue weighted by molar-refractivity contribution is -0.116. The lowest BCUT2D eigenvalue weighted by Crippen LogP contribution is -2.39. The minimum absolute atomic E-state index is 0.0414. The number of hydrogen-bond acceptors (Lipinski definition) is 3. The van der Waals surface area contributed by atoms with E-state index in [1.807, 2.05) is 31.2 Å². The third-order valence-electron chi connectivity index (χ3n) is 3.96. The molecule has 1 heterocycles. The molecule has 0 spiro atoms. The molecule has 0 N–H and O–H groups in total. The van der Waals surface area contributed by atoms with Gasteiger partial charge in [0.15, 0.2) is 9.84 Å². The van der Waals surface area contributed by atoms with Crippen LogP contribution in [0.15, 0.2) is 53.4 Å². The molecule has 23 heavy (non-hydrogen) atoms. The van der Waals surface area contributed by atoms with Crippen LogP contribution in [0.25, 0.3) is 0 Å². The summed E-state index contributed by atoms with van der Waals surface area (Å²) in [5, 5.41) is 0.456. The van der Waals surface area contributed by atoms with Crippen LogP contribution in [0.5, 0.6) is 0 Å². The van der Waals surface area contributed by atoms with Crippen LogP contribution in [-0.2, 0) is 21.1 Å². The summed E-state index contributed by atoms with van der Waals surface area (Å²) >= 11 is 5.78. The van der Waals surface area contributed by atoms with Gasteiger partial charge in [0.1, 0.15) is 5.75 Å². The molecule has 6 heteroatoms. The van der Waals surface area contributed by atoms with Crippen molar-refractivity contribution in [3.05, 3.63) is 59.1 Å². The monoisotopic (exact) mass is 349 g/mol. The summed E-state index contributed by atoms with van der Waals surface area (Å²) < 4.78 is 24.9. The van der Waals surface area contributed by atoms with Crippen LogP contribution in [-0.4, -0.2) is 26.1 Å². The van der Waals surface area contributed by atoms with Gasteiger partial charge < -0.3 is 4.90 Å². The van der Waals surface area contributed by atoms with Crippen LogP contribution in [0.1, 0.15) is 12.5 Å². The number of carbonyl (C=O) groups is 1. The molecule has 1 aliphatic rings. The van der Waals surface area contributed by atoms with Gasteiger partial charge in [-0.2, -0.15) is 0 Å². The summed E-state index contributed by atoms with van der Waals surface area (Å²) in [7, 11) is -3.69. The molecule has 0 fully saturated rings. The summed E-state index contributed by atoms with van der Waals surface area (Å²) in [6.45, 7) is 1.92. The van der Waals surface area contributed by atoms with Crippen LogP contribution < -0.4 is 4.90 Å². The van der Waals surface area contributed by atoms with E-state index in [2.05, 4.69) is 0 Å². The van der Waals surface area contributed by atoms with Gasteiger partial charge >= 0.3 is 0 Å². The maximum absolute atomic E-state index is 12.6. The molecule has 4 nitrogen and oxygen atoms in total. The zero-order valence-electron chi connectivity index (χ0n) is 12.6. The van der Waals surface area contributed by atoms with Gasteiger partial charge in [0.05, 0.1) is 4.90 Å². The second kappa shape index (κ2) is 5.98. The van der Waals surface area contributed by atoms with Crippen molar-refractivity contribution in [3.63, 3.8) is 0 Å². The summed E-state index contributed by atoms with van der Waals surface area (Å²) in [5.41, 5.74) is 1.87. The number of halogens is 1. The molecule has 0 saturated heterocycles. The number of para-hydroxylation sites is 1. The van der Waals surface area contributed by atoms with Crippen LogP contribution in [0.3, 0.4) is 0 Å². The predicted molar refractivity (Wildman–Crippen MR) is 90.6 cm³/mol. The number of hydrogen-bond donors (Lipinski definition) is 0. The topological polar surface area (TPSA) is 54.5 Å². The highest BCUT2D eigenvalue weighted by molar-refractivity contribution is 7.92. The van der Waals surface area contributed by atoms with Gasteiger partial charge in [-0.1, -0.05) is 29.8 Å². The number of anilines is 1. The fraction of sp³-hybridized carbons (Fsp3) is 0.235. The molecule has 2 aromatic rings. The summed E-state index contributed by atoms with van der Waals surface area (Å²) in [6.07, 6.45) is 0.739. The largest absolute Gasteiger partial charge is 0.308 e. The van der Waals surface area contributed by atoms with E-state index in [1.165, 1.54) is 24.3 Å². The van der Waals surface area contributed by atoms with Gasteiger partial charge in [-0.05, 0) is 49.2 Å². The molecule has 1 atom stereocenters. The minimum Gasteiger partial charge on any atom is -0.308 e. The van der Waals surface area contributed by atoms with E-state index in [1.54, 1.807) is 4.90 Å². The Hall–Kier alpha value is -1.85. The van der Waals surface area contributed by atoms with E-state index in [0.29, 0.717) is 5.02 Å². The number of amides is 1. The third-order valence-corrected chi connectivity index (χ3v) is 5.83. The van der Waals surface area contributed by atoms with Gasteiger partial charge in [-0.25, -0.2) is 8.42 Å². The van der Waals surface area contributed by atoms with Crippen molar-refractivity contribution in [1.82, 2.24) is 0 Å². The van der Waals surface area contributed by atoms with Crippen molar-refractivity contribution in [2.75, 3.05) is 10.7 Å². The normalized spacial score (nSPS) is 17.1. The zero-order chi connectivity index (χ0) is 16.6. The Morgan fingerprint density at radius 2 is 1.83 bits per heavy atom. The Balaban J connectivity index is 1.86. The Morgan fingerprint density at radius 3 is 2.52 bits per heavy atom. The highest BCUT2D eigenvalue weighted by Crippen LogP contribution is 2.32. The number of benzene rings is 2. The molecule has 0 aromatic heterocycles. The van der Waals surface area contributed by atoms with Crippen molar-refractivity contribution < 1.29 is 13.2 Å². The van der Waals surface area contributed by atoms with Gasteiger partial charge in [0.2, 0.25) is 5.91 Å². The van der Waals surface area contributed by atoms with Gasteiger partial charge in [0, 0.05) is 16.8 Å². The molecular weight excluding hydrogens is 334 g/mol. The van der Waals surface area contributed by atoms with E-state index >= 15 is 0 Å². The Labute approximate surface area is 140 Å². The molecule has 0 aliphatic carbocycles. The smallest absolute Gasteiger partial charge is 0.242 e. The first-order valence-electron chi connectivity index (χ1n) is 7.27. The third kappa shape index (κ3) is 3.12. The number of sulfone groups is 1. The van der Waals surface area contributed by atoms with Crippen molar-refractivity contribution in [2.45, 2.75) is 24.3 Å². The lowest BCUT2D eigenvalue weighted by atomic mass is 10.1. The molecule has 120 valence electrons. The van der Waals surface area contributed by atoms with Crippen molar-refractivity contribution in [1.29, 1.82) is 0 Å². The second-order valence-electron chi connectivity index (χ2n) is 5.66. The van der Waals surface area contributed by atoms with Gasteiger partial charge in [0.25, 0.3) is 0 Å². The standard InChI is InChI=1S/C17H16ClNO3S/c1-12-10-13-4-2-3-5-16(13)19(12)17(20)11-23(21,22)15-8-6-14(18)7-9-15/h2-9,12H,10-11H2,1H3. The molecule has 1 aliphatic heterocycles. The molecule has 1 amide bonds. The number of fused-ring (bicyclic) bond motifs is 1. The molecule has 1 unspecified atom stereocenters. The molecule has 0 saturated carbocycles. The first kappa shape index (κ1) is 16.0. The quantitative estimate of drug-likeness (QED) is 0.855. The second-order valence-corrected chi connectivity index (χ2v) is 8.08. The fourth-order valence-corrected chi connectivity index (χ4v) is 4.21. The fourth-order valence-electron chi connectivity index (χ4n) is 2.90. The first-order valence-corrected chi connectivity index (χ1v) is 9.30. The summed E-state index contributed by atoms with van der Waals surface area (Å²) in [6, 6.07) is 13.4. The lowest BCUT2D eigenvalue weighted by Gasteiger charge is -2.22. The Bertz CT molecular complexity index is 846. The summed E-state index contributed by atoms with van der Waals surface area (Å²) in [4.78, 5) is 14.3. The molecule has 3 rings (SSSR count). The van der Waals surface area contributed by atoms with Crippen LogP contribution in [0.4, 0.5) is 5.69 Å². The molecule has 0 radical (unpaired) electrons. The summed E-state index contributed by atoms with van der Waals surface area (Å²) in [5.74, 6) is -0.953. The van der Waals surface area contributed by atoms with Crippen molar-refractivity contribution in [2.24, 2.45) is 0 Å². The van der Waals surface area contributed by atoms with Crippen molar-refractivity contribution in [3.8, 4) is 0 Å². The average Bonchev–Trinajstić information content (AvgIpc) is 2.83. The van der Waals surface area contributed by atoms with E-state index in [4.69, 9.17) is 11.6 Å². The maximum atomic E-state index is 12.6. The van der Waals surface area contributed by atoms with E-state index in [0.717, 1.165) is 17.7 Å². The van der Waals surface area contributed by atoms with Crippen molar-refractivity contribution >= 4 is 33.0 Å². The number of rotatable bonds is 3. The van der Waals surface area contributed by atoms with Gasteiger partial charge in [-0.15, -0.1) is 0 Å². The molecule has 0 bridgehead atoms. The Kier molecular flexibility index (Phi) is 4.17. The van der Waals surface area contributed by atoms with Crippen LogP contribution in [0.2, 0.25) is 5.02 Å². The van der Waals surface area contributed by atoms with Crippen LogP contribution in [0, 0.1) is 0 Å².